The second-order valence-electron chi connectivity index (χ2n) is 5.16. The van der Waals surface area contributed by atoms with Gasteiger partial charge in [-0.05, 0) is 30.4 Å². The lowest BCUT2D eigenvalue weighted by Crippen LogP contribution is -2.29. The SMILES string of the molecule is COC(=O)CCCNC(=O)COC(=O)c1sc2ccccc2c1C. The van der Waals surface area contributed by atoms with Crippen molar-refractivity contribution < 1.29 is 23.9 Å². The zero-order valence-corrected chi connectivity index (χ0v) is 14.4. The van der Waals surface area contributed by atoms with E-state index in [1.807, 2.05) is 31.2 Å². The van der Waals surface area contributed by atoms with E-state index in [1.54, 1.807) is 0 Å². The number of thiophene rings is 1. The van der Waals surface area contributed by atoms with Crippen LogP contribution in [0.4, 0.5) is 0 Å². The van der Waals surface area contributed by atoms with Crippen molar-refractivity contribution >= 4 is 39.3 Å². The molecule has 1 aromatic heterocycles. The van der Waals surface area contributed by atoms with Crippen LogP contribution in [0.25, 0.3) is 10.1 Å². The Bertz CT molecular complexity index is 753. The average Bonchev–Trinajstić information content (AvgIpc) is 2.93. The van der Waals surface area contributed by atoms with Gasteiger partial charge in [-0.25, -0.2) is 4.79 Å². The first-order valence-corrected chi connectivity index (χ1v) is 8.33. The quantitative estimate of drug-likeness (QED) is 0.613. The number of nitrogens with one attached hydrogen (secondary N) is 1. The Kier molecular flexibility index (Phi) is 6.31. The monoisotopic (exact) mass is 349 g/mol. The van der Waals surface area contributed by atoms with E-state index >= 15 is 0 Å². The summed E-state index contributed by atoms with van der Waals surface area (Å²) in [6.07, 6.45) is 0.708. The Balaban J connectivity index is 1.81. The van der Waals surface area contributed by atoms with Crippen LogP contribution in [0.5, 0.6) is 0 Å². The first-order chi connectivity index (χ1) is 11.5. The van der Waals surface area contributed by atoms with E-state index < -0.39 is 11.9 Å². The lowest BCUT2D eigenvalue weighted by molar-refractivity contribution is -0.140. The smallest absolute Gasteiger partial charge is 0.349 e. The molecule has 128 valence electrons. The Hall–Kier alpha value is -2.41. The molecule has 1 N–H and O–H groups in total. The first kappa shape index (κ1) is 17.9. The summed E-state index contributed by atoms with van der Waals surface area (Å²) in [7, 11) is 1.32. The van der Waals surface area contributed by atoms with Gasteiger partial charge in [0.05, 0.1) is 7.11 Å². The summed E-state index contributed by atoms with van der Waals surface area (Å²) in [6.45, 7) is 1.85. The molecule has 0 aliphatic carbocycles. The van der Waals surface area contributed by atoms with Crippen LogP contribution in [0.1, 0.15) is 28.1 Å². The Morgan fingerprint density at radius 3 is 2.67 bits per heavy atom. The fourth-order valence-corrected chi connectivity index (χ4v) is 3.28. The summed E-state index contributed by atoms with van der Waals surface area (Å²) in [5.74, 6) is -1.22. The fraction of sp³-hybridized carbons (Fsp3) is 0.353. The van der Waals surface area contributed by atoms with Gasteiger partial charge in [0, 0.05) is 17.7 Å². The number of hydrogen-bond donors (Lipinski definition) is 1. The molecule has 6 nitrogen and oxygen atoms in total. The van der Waals surface area contributed by atoms with E-state index in [2.05, 4.69) is 10.1 Å². The van der Waals surface area contributed by atoms with Gasteiger partial charge in [0.25, 0.3) is 5.91 Å². The number of methoxy groups -OCH3 is 1. The normalized spacial score (nSPS) is 10.4. The van der Waals surface area contributed by atoms with Gasteiger partial charge in [0.1, 0.15) is 4.88 Å². The number of esters is 2. The predicted octanol–water partition coefficient (Wildman–Crippen LogP) is 2.44. The Morgan fingerprint density at radius 2 is 1.96 bits per heavy atom. The highest BCUT2D eigenvalue weighted by Crippen LogP contribution is 2.30. The molecule has 1 aromatic carbocycles. The third-order valence-corrected chi connectivity index (χ3v) is 4.72. The lowest BCUT2D eigenvalue weighted by Gasteiger charge is -2.06. The van der Waals surface area contributed by atoms with E-state index in [0.29, 0.717) is 17.8 Å². The highest BCUT2D eigenvalue weighted by atomic mass is 32.1. The maximum Gasteiger partial charge on any atom is 0.349 e. The van der Waals surface area contributed by atoms with Gasteiger partial charge in [-0.15, -0.1) is 11.3 Å². The number of carbonyl (C=O) groups excluding carboxylic acids is 3. The number of aryl methyl sites for hydroxylation is 1. The van der Waals surface area contributed by atoms with Gasteiger partial charge in [0.2, 0.25) is 0 Å². The molecule has 0 atom stereocenters. The van der Waals surface area contributed by atoms with Crippen molar-refractivity contribution in [1.29, 1.82) is 0 Å². The van der Waals surface area contributed by atoms with Gasteiger partial charge < -0.3 is 14.8 Å². The lowest BCUT2D eigenvalue weighted by atomic mass is 10.1. The van der Waals surface area contributed by atoms with Crippen molar-refractivity contribution in [3.05, 3.63) is 34.7 Å². The van der Waals surface area contributed by atoms with Gasteiger partial charge >= 0.3 is 11.9 Å². The van der Waals surface area contributed by atoms with Crippen molar-refractivity contribution in [3.8, 4) is 0 Å². The zero-order valence-electron chi connectivity index (χ0n) is 13.6. The molecule has 0 saturated carbocycles. The maximum atomic E-state index is 12.1. The van der Waals surface area contributed by atoms with Crippen LogP contribution in [-0.4, -0.2) is 38.1 Å². The number of carbonyl (C=O) groups is 3. The molecule has 1 amide bonds. The van der Waals surface area contributed by atoms with Crippen molar-refractivity contribution in [2.45, 2.75) is 19.8 Å². The molecule has 0 fully saturated rings. The van der Waals surface area contributed by atoms with Crippen LogP contribution in [0.3, 0.4) is 0 Å². The number of rotatable bonds is 7. The molecule has 0 saturated heterocycles. The molecule has 1 heterocycles. The molecule has 0 aliphatic heterocycles. The largest absolute Gasteiger partial charge is 0.469 e. The van der Waals surface area contributed by atoms with E-state index in [-0.39, 0.29) is 19.0 Å². The summed E-state index contributed by atoms with van der Waals surface area (Å²) in [5, 5.41) is 3.61. The minimum Gasteiger partial charge on any atom is -0.469 e. The summed E-state index contributed by atoms with van der Waals surface area (Å²) >= 11 is 1.35. The third kappa shape index (κ3) is 4.55. The molecule has 0 radical (unpaired) electrons. The van der Waals surface area contributed by atoms with Gasteiger partial charge in [-0.3, -0.25) is 9.59 Å². The fourth-order valence-electron chi connectivity index (χ4n) is 2.18. The summed E-state index contributed by atoms with van der Waals surface area (Å²) in [6, 6.07) is 7.72. The van der Waals surface area contributed by atoms with Gasteiger partial charge in [0.15, 0.2) is 6.61 Å². The minimum absolute atomic E-state index is 0.234. The third-order valence-electron chi connectivity index (χ3n) is 3.47. The number of ether oxygens (including phenoxy) is 2. The molecular weight excluding hydrogens is 330 g/mol. The second-order valence-corrected chi connectivity index (χ2v) is 6.21. The first-order valence-electron chi connectivity index (χ1n) is 7.51. The van der Waals surface area contributed by atoms with Gasteiger partial charge in [-0.1, -0.05) is 18.2 Å². The zero-order chi connectivity index (χ0) is 17.5. The van der Waals surface area contributed by atoms with Crippen LogP contribution in [-0.2, 0) is 19.1 Å². The van der Waals surface area contributed by atoms with E-state index in [4.69, 9.17) is 4.74 Å². The van der Waals surface area contributed by atoms with Crippen LogP contribution >= 0.6 is 11.3 Å². The van der Waals surface area contributed by atoms with Crippen LogP contribution in [0.2, 0.25) is 0 Å². The topological polar surface area (TPSA) is 81.7 Å². The van der Waals surface area contributed by atoms with Gasteiger partial charge in [-0.2, -0.15) is 0 Å². The molecule has 0 aliphatic rings. The molecule has 2 aromatic rings. The van der Waals surface area contributed by atoms with E-state index in [9.17, 15) is 14.4 Å². The number of benzene rings is 1. The van der Waals surface area contributed by atoms with Crippen LogP contribution in [0.15, 0.2) is 24.3 Å². The minimum atomic E-state index is -0.501. The molecule has 24 heavy (non-hydrogen) atoms. The van der Waals surface area contributed by atoms with Crippen LogP contribution in [0, 0.1) is 6.92 Å². The highest BCUT2D eigenvalue weighted by molar-refractivity contribution is 7.21. The van der Waals surface area contributed by atoms with Crippen molar-refractivity contribution in [2.24, 2.45) is 0 Å². The number of hydrogen-bond acceptors (Lipinski definition) is 6. The molecule has 0 bridgehead atoms. The Morgan fingerprint density at radius 1 is 1.21 bits per heavy atom. The average molecular weight is 349 g/mol. The number of fused-ring (bicyclic) bond motifs is 1. The summed E-state index contributed by atoms with van der Waals surface area (Å²) in [5.41, 5.74) is 0.860. The van der Waals surface area contributed by atoms with Crippen molar-refractivity contribution in [3.63, 3.8) is 0 Å². The summed E-state index contributed by atoms with van der Waals surface area (Å²) in [4.78, 5) is 35.2. The standard InChI is InChI=1S/C17H19NO5S/c1-11-12-6-3-4-7-13(12)24-16(11)17(21)23-10-14(19)18-9-5-8-15(20)22-2/h3-4,6-7H,5,8-10H2,1-2H3,(H,18,19). The number of amides is 1. The Labute approximate surface area is 143 Å². The molecule has 0 spiro atoms. The maximum absolute atomic E-state index is 12.1. The second kappa shape index (κ2) is 8.44. The molecular formula is C17H19NO5S. The van der Waals surface area contributed by atoms with Crippen LogP contribution < -0.4 is 5.32 Å². The highest BCUT2D eigenvalue weighted by Gasteiger charge is 2.17. The van der Waals surface area contributed by atoms with Crippen molar-refractivity contribution in [2.75, 3.05) is 20.3 Å². The van der Waals surface area contributed by atoms with E-state index in [1.165, 1.54) is 18.4 Å². The van der Waals surface area contributed by atoms with E-state index in [0.717, 1.165) is 15.6 Å². The van der Waals surface area contributed by atoms with Crippen molar-refractivity contribution in [1.82, 2.24) is 5.32 Å². The predicted molar refractivity (Wildman–Crippen MR) is 91.1 cm³/mol. The summed E-state index contributed by atoms with van der Waals surface area (Å²) < 4.78 is 10.6. The molecule has 7 heteroatoms. The molecule has 0 unspecified atom stereocenters. The molecule has 2 rings (SSSR count).